The van der Waals surface area contributed by atoms with E-state index in [4.69, 9.17) is 28.3 Å². The Kier molecular flexibility index (Phi) is 6.06. The van der Waals surface area contributed by atoms with Gasteiger partial charge >= 0.3 is 0 Å². The normalized spacial score (nSPS) is 13.9. The maximum Gasteiger partial charge on any atom is 0.0675 e. The van der Waals surface area contributed by atoms with Gasteiger partial charge in [0.05, 0.1) is 6.10 Å². The van der Waals surface area contributed by atoms with Gasteiger partial charge in [-0.2, -0.15) is 0 Å². The van der Waals surface area contributed by atoms with Gasteiger partial charge in [0.1, 0.15) is 0 Å². The van der Waals surface area contributed by atoms with Crippen LogP contribution in [0.5, 0.6) is 0 Å². The molecule has 1 nitrogen and oxygen atoms in total. The van der Waals surface area contributed by atoms with Crippen LogP contribution in [0.4, 0.5) is 0 Å². The summed E-state index contributed by atoms with van der Waals surface area (Å²) >= 11 is 10.6. The molecule has 0 rings (SSSR count). The summed E-state index contributed by atoms with van der Waals surface area (Å²) in [6, 6.07) is 0. The van der Waals surface area contributed by atoms with Crippen molar-refractivity contribution in [3.8, 4) is 0 Å². The summed E-state index contributed by atoms with van der Waals surface area (Å²) in [4.78, 5) is 0. The van der Waals surface area contributed by atoms with E-state index < -0.39 is 0 Å². The predicted molar refractivity (Wildman–Crippen MR) is 36.7 cm³/mol. The zero-order valence-electron chi connectivity index (χ0n) is 4.61. The molecule has 0 fully saturated rings. The van der Waals surface area contributed by atoms with Gasteiger partial charge in [0.15, 0.2) is 0 Å². The topological polar surface area (TPSA) is 20.2 Å². The average Bonchev–Trinajstić information content (AvgIpc) is 1.83. The van der Waals surface area contributed by atoms with Crippen molar-refractivity contribution in [3.63, 3.8) is 0 Å². The minimum atomic E-state index is -0.365. The quantitative estimate of drug-likeness (QED) is 0.614. The molecule has 1 N–H and O–H groups in total. The first-order chi connectivity index (χ1) is 3.81. The third-order valence-electron chi connectivity index (χ3n) is 0.849. The van der Waals surface area contributed by atoms with Gasteiger partial charge in [-0.1, -0.05) is 0 Å². The molecule has 50 valence electrons. The number of alkyl halides is 2. The molecule has 0 radical (unpaired) electrons. The highest BCUT2D eigenvalue weighted by Gasteiger charge is 1.98. The molecule has 0 saturated carbocycles. The van der Waals surface area contributed by atoms with Gasteiger partial charge in [-0.05, 0) is 12.8 Å². The molecule has 0 heterocycles. The van der Waals surface area contributed by atoms with Gasteiger partial charge in [-0.3, -0.25) is 0 Å². The van der Waals surface area contributed by atoms with E-state index in [1.54, 1.807) is 0 Å². The molecule has 0 aliphatic carbocycles. The summed E-state index contributed by atoms with van der Waals surface area (Å²) < 4.78 is 0. The molecule has 0 aromatic rings. The van der Waals surface area contributed by atoms with Crippen molar-refractivity contribution in [2.45, 2.75) is 18.9 Å². The molecule has 0 aliphatic rings. The Morgan fingerprint density at radius 1 is 1.38 bits per heavy atom. The van der Waals surface area contributed by atoms with Gasteiger partial charge in [0.2, 0.25) is 0 Å². The Morgan fingerprint density at radius 2 is 2.00 bits per heavy atom. The van der Waals surface area contributed by atoms with Crippen molar-refractivity contribution in [3.05, 3.63) is 0 Å². The minimum absolute atomic E-state index is 0.316. The number of halogens is 2. The molecule has 0 aromatic heterocycles. The number of rotatable bonds is 4. The molecule has 8 heavy (non-hydrogen) atoms. The van der Waals surface area contributed by atoms with Crippen LogP contribution in [-0.2, 0) is 0 Å². The van der Waals surface area contributed by atoms with Crippen LogP contribution in [-0.4, -0.2) is 23.0 Å². The van der Waals surface area contributed by atoms with Crippen LogP contribution < -0.4 is 0 Å². The van der Waals surface area contributed by atoms with Crippen LogP contribution in [0.2, 0.25) is 0 Å². The van der Waals surface area contributed by atoms with E-state index >= 15 is 0 Å². The van der Waals surface area contributed by atoms with E-state index in [0.29, 0.717) is 18.2 Å². The monoisotopic (exact) mass is 156 g/mol. The smallest absolute Gasteiger partial charge is 0.0675 e. The molecular formula is C5H10Cl2O. The zero-order chi connectivity index (χ0) is 6.41. The van der Waals surface area contributed by atoms with Crippen molar-refractivity contribution < 1.29 is 5.11 Å². The van der Waals surface area contributed by atoms with E-state index in [2.05, 4.69) is 0 Å². The van der Waals surface area contributed by atoms with Gasteiger partial charge in [0.25, 0.3) is 0 Å². The maximum absolute atomic E-state index is 8.80. The highest BCUT2D eigenvalue weighted by atomic mass is 35.5. The molecule has 3 heteroatoms. The molecular weight excluding hydrogens is 147 g/mol. The second-order valence-corrected chi connectivity index (χ2v) is 2.33. The van der Waals surface area contributed by atoms with E-state index in [1.165, 1.54) is 0 Å². The Balaban J connectivity index is 2.86. The van der Waals surface area contributed by atoms with Gasteiger partial charge in [-0.15, -0.1) is 23.2 Å². The van der Waals surface area contributed by atoms with Crippen LogP contribution in [0, 0.1) is 0 Å². The first-order valence-corrected chi connectivity index (χ1v) is 3.68. The van der Waals surface area contributed by atoms with Crippen LogP contribution in [0.1, 0.15) is 12.8 Å². The van der Waals surface area contributed by atoms with Gasteiger partial charge in [0, 0.05) is 11.8 Å². The standard InChI is InChI=1S/C5H10Cl2O/c6-3-1-2-5(8)4-7/h5,8H,1-4H2/t5-/m1/s1. The van der Waals surface area contributed by atoms with Crippen LogP contribution >= 0.6 is 23.2 Å². The summed E-state index contributed by atoms with van der Waals surface area (Å²) in [6.07, 6.45) is 1.19. The van der Waals surface area contributed by atoms with E-state index in [-0.39, 0.29) is 6.10 Å². The fourth-order valence-electron chi connectivity index (χ4n) is 0.390. The fourth-order valence-corrected chi connectivity index (χ4v) is 0.699. The van der Waals surface area contributed by atoms with Crippen LogP contribution in [0.3, 0.4) is 0 Å². The number of aliphatic hydroxyl groups excluding tert-OH is 1. The molecule has 1 atom stereocenters. The summed E-state index contributed by atoms with van der Waals surface area (Å²) in [7, 11) is 0. The molecule has 0 saturated heterocycles. The summed E-state index contributed by atoms with van der Waals surface area (Å²) in [5.74, 6) is 0.921. The third kappa shape index (κ3) is 4.69. The van der Waals surface area contributed by atoms with Gasteiger partial charge in [-0.25, -0.2) is 0 Å². The maximum atomic E-state index is 8.80. The molecule has 0 aromatic carbocycles. The molecule has 0 amide bonds. The lowest BCUT2D eigenvalue weighted by Gasteiger charge is -2.01. The average molecular weight is 157 g/mol. The third-order valence-corrected chi connectivity index (χ3v) is 1.47. The Morgan fingerprint density at radius 3 is 2.38 bits per heavy atom. The summed E-state index contributed by atoms with van der Waals surface area (Å²) in [6.45, 7) is 0. The molecule has 0 spiro atoms. The van der Waals surface area contributed by atoms with Crippen molar-refractivity contribution in [1.29, 1.82) is 0 Å². The SMILES string of the molecule is O[C@@H](CCl)CCCCl. The van der Waals surface area contributed by atoms with Crippen molar-refractivity contribution in [2.24, 2.45) is 0 Å². The van der Waals surface area contributed by atoms with E-state index in [0.717, 1.165) is 6.42 Å². The first-order valence-electron chi connectivity index (χ1n) is 2.61. The molecule has 0 aliphatic heterocycles. The summed E-state index contributed by atoms with van der Waals surface area (Å²) in [5, 5.41) is 8.80. The molecule has 0 bridgehead atoms. The van der Waals surface area contributed by atoms with Crippen molar-refractivity contribution in [1.82, 2.24) is 0 Å². The Bertz CT molecular complexity index is 49.7. The van der Waals surface area contributed by atoms with Crippen molar-refractivity contribution >= 4 is 23.2 Å². The largest absolute Gasteiger partial charge is 0.392 e. The zero-order valence-corrected chi connectivity index (χ0v) is 6.12. The number of hydrogen-bond donors (Lipinski definition) is 1. The summed E-state index contributed by atoms with van der Waals surface area (Å²) in [5.41, 5.74) is 0. The van der Waals surface area contributed by atoms with Crippen LogP contribution in [0.25, 0.3) is 0 Å². The van der Waals surface area contributed by atoms with Crippen molar-refractivity contribution in [2.75, 3.05) is 11.8 Å². The highest BCUT2D eigenvalue weighted by molar-refractivity contribution is 6.18. The Hall–Kier alpha value is 0.540. The first kappa shape index (κ1) is 8.54. The number of hydrogen-bond acceptors (Lipinski definition) is 1. The number of aliphatic hydroxyl groups is 1. The minimum Gasteiger partial charge on any atom is -0.392 e. The second-order valence-electron chi connectivity index (χ2n) is 1.64. The lowest BCUT2D eigenvalue weighted by atomic mass is 10.2. The van der Waals surface area contributed by atoms with Crippen LogP contribution in [0.15, 0.2) is 0 Å². The lowest BCUT2D eigenvalue weighted by Crippen LogP contribution is -2.07. The van der Waals surface area contributed by atoms with Gasteiger partial charge < -0.3 is 5.11 Å². The van der Waals surface area contributed by atoms with E-state index in [1.807, 2.05) is 0 Å². The molecule has 0 unspecified atom stereocenters. The lowest BCUT2D eigenvalue weighted by molar-refractivity contribution is 0.187. The Labute approximate surface area is 59.6 Å². The second kappa shape index (κ2) is 5.67. The highest BCUT2D eigenvalue weighted by Crippen LogP contribution is 1.99. The fraction of sp³-hybridized carbons (Fsp3) is 1.00. The van der Waals surface area contributed by atoms with E-state index in [9.17, 15) is 0 Å². The predicted octanol–water partition coefficient (Wildman–Crippen LogP) is 1.61.